The number of piperidine rings is 1. The third-order valence-corrected chi connectivity index (χ3v) is 7.31. The van der Waals surface area contributed by atoms with E-state index in [-0.39, 0.29) is 11.7 Å². The summed E-state index contributed by atoms with van der Waals surface area (Å²) < 4.78 is 21.1. The number of fused-ring (bicyclic) bond motifs is 1. The first-order valence-electron chi connectivity index (χ1n) is 12.8. The monoisotopic (exact) mass is 542 g/mol. The van der Waals surface area contributed by atoms with Crippen molar-refractivity contribution in [1.29, 1.82) is 0 Å². The summed E-state index contributed by atoms with van der Waals surface area (Å²) in [5, 5.41) is 7.61. The predicted molar refractivity (Wildman–Crippen MR) is 145 cm³/mol. The van der Waals surface area contributed by atoms with Crippen LogP contribution in [-0.4, -0.2) is 34.0 Å². The first-order chi connectivity index (χ1) is 18.0. The highest BCUT2D eigenvalue weighted by atomic mass is 35.5. The standard InChI is InChI=1S/C28H29Cl2FN4O2/c29-21-11-14-25(24(30)18-21)35-26-20(17-19-9-12-22(31)13-10-19)7-3-1-4-8-23(26)27(32-35)37-28(36)33-34-15-5-2-6-16-34/h9-14,17-18H,1-8,15-16H2,(H,33,36)/b20-17+. The van der Waals surface area contributed by atoms with Gasteiger partial charge in [-0.05, 0) is 86.1 Å². The van der Waals surface area contributed by atoms with Crippen molar-refractivity contribution in [1.82, 2.24) is 20.2 Å². The largest absolute Gasteiger partial charge is 0.428 e. The van der Waals surface area contributed by atoms with Crippen LogP contribution in [0.1, 0.15) is 61.8 Å². The molecule has 0 radical (unpaired) electrons. The lowest BCUT2D eigenvalue weighted by atomic mass is 9.92. The van der Waals surface area contributed by atoms with Crippen molar-refractivity contribution in [3.8, 4) is 11.6 Å². The van der Waals surface area contributed by atoms with Crippen LogP contribution in [-0.2, 0) is 6.42 Å². The van der Waals surface area contributed by atoms with Gasteiger partial charge < -0.3 is 4.74 Å². The van der Waals surface area contributed by atoms with Gasteiger partial charge in [-0.15, -0.1) is 5.10 Å². The van der Waals surface area contributed by atoms with Gasteiger partial charge in [0.05, 0.1) is 16.4 Å². The molecule has 2 heterocycles. The molecule has 1 aliphatic carbocycles. The molecule has 37 heavy (non-hydrogen) atoms. The maximum Gasteiger partial charge on any atom is 0.428 e. The second kappa shape index (κ2) is 11.7. The number of benzene rings is 2. The van der Waals surface area contributed by atoms with Gasteiger partial charge in [-0.3, -0.25) is 5.43 Å². The second-order valence-corrected chi connectivity index (χ2v) is 10.3. The average Bonchev–Trinajstić information content (AvgIpc) is 3.19. The molecule has 5 rings (SSSR count). The summed E-state index contributed by atoms with van der Waals surface area (Å²) >= 11 is 12.8. The van der Waals surface area contributed by atoms with Crippen LogP contribution < -0.4 is 10.2 Å². The van der Waals surface area contributed by atoms with Crippen LogP contribution >= 0.6 is 23.2 Å². The van der Waals surface area contributed by atoms with Crippen LogP contribution in [0.4, 0.5) is 9.18 Å². The van der Waals surface area contributed by atoms with Crippen LogP contribution in [0.5, 0.6) is 5.88 Å². The Morgan fingerprint density at radius 2 is 1.70 bits per heavy atom. The summed E-state index contributed by atoms with van der Waals surface area (Å²) in [4.78, 5) is 12.9. The van der Waals surface area contributed by atoms with E-state index >= 15 is 0 Å². The zero-order valence-electron chi connectivity index (χ0n) is 20.5. The Kier molecular flexibility index (Phi) is 8.13. The summed E-state index contributed by atoms with van der Waals surface area (Å²) in [5.74, 6) is -0.0173. The van der Waals surface area contributed by atoms with Crippen molar-refractivity contribution in [3.63, 3.8) is 0 Å². The van der Waals surface area contributed by atoms with Gasteiger partial charge in [0.25, 0.3) is 0 Å². The molecule has 9 heteroatoms. The first-order valence-corrected chi connectivity index (χ1v) is 13.5. The number of carbonyl (C=O) groups excluding carboxylic acids is 1. The SMILES string of the molecule is O=C(NN1CCCCC1)Oc1nn(-c2ccc(Cl)cc2Cl)c2c1CCCCC/C2=C\c1ccc(F)cc1. The quantitative estimate of drug-likeness (QED) is 0.371. The number of hydrazine groups is 1. The fraction of sp³-hybridized carbons (Fsp3) is 0.357. The number of halogens is 3. The molecular weight excluding hydrogens is 514 g/mol. The molecule has 0 spiro atoms. The number of amides is 1. The van der Waals surface area contributed by atoms with Crippen LogP contribution in [0.25, 0.3) is 17.3 Å². The van der Waals surface area contributed by atoms with Gasteiger partial charge in [0.15, 0.2) is 0 Å². The molecule has 1 fully saturated rings. The van der Waals surface area contributed by atoms with Crippen LogP contribution in [0.2, 0.25) is 10.0 Å². The van der Waals surface area contributed by atoms with Gasteiger partial charge in [-0.1, -0.05) is 48.2 Å². The molecule has 2 aromatic carbocycles. The highest BCUT2D eigenvalue weighted by Gasteiger charge is 2.27. The van der Waals surface area contributed by atoms with Crippen molar-refractivity contribution < 1.29 is 13.9 Å². The minimum atomic E-state index is -0.553. The average molecular weight is 543 g/mol. The Hall–Kier alpha value is -2.87. The van der Waals surface area contributed by atoms with Crippen molar-refractivity contribution in [2.75, 3.05) is 13.1 Å². The maximum atomic E-state index is 13.6. The Bertz CT molecular complexity index is 1300. The Morgan fingerprint density at radius 3 is 2.46 bits per heavy atom. The Balaban J connectivity index is 1.59. The highest BCUT2D eigenvalue weighted by Crippen LogP contribution is 2.38. The number of hydrogen-bond acceptors (Lipinski definition) is 4. The van der Waals surface area contributed by atoms with Crippen molar-refractivity contribution in [3.05, 3.63) is 75.1 Å². The molecule has 1 N–H and O–H groups in total. The highest BCUT2D eigenvalue weighted by molar-refractivity contribution is 6.35. The molecule has 2 aliphatic rings. The molecule has 0 unspecified atom stereocenters. The zero-order chi connectivity index (χ0) is 25.8. The van der Waals surface area contributed by atoms with Crippen molar-refractivity contribution in [2.24, 2.45) is 0 Å². The number of allylic oxidation sites excluding steroid dienone is 1. The van der Waals surface area contributed by atoms with Crippen molar-refractivity contribution >= 4 is 40.9 Å². The molecule has 1 aliphatic heterocycles. The van der Waals surface area contributed by atoms with Gasteiger partial charge in [0.2, 0.25) is 5.88 Å². The summed E-state index contributed by atoms with van der Waals surface area (Å²) in [6.07, 6.45) is 9.20. The Labute approximate surface area is 226 Å². The van der Waals surface area contributed by atoms with E-state index in [1.807, 2.05) is 17.2 Å². The number of hydrogen-bond donors (Lipinski definition) is 1. The summed E-state index contributed by atoms with van der Waals surface area (Å²) in [5.41, 5.74) is 7.09. The van der Waals surface area contributed by atoms with Gasteiger partial charge in [0, 0.05) is 23.7 Å². The van der Waals surface area contributed by atoms with E-state index in [9.17, 15) is 9.18 Å². The van der Waals surface area contributed by atoms with Gasteiger partial charge in [-0.25, -0.2) is 18.9 Å². The lowest BCUT2D eigenvalue weighted by Crippen LogP contribution is -2.46. The third-order valence-electron chi connectivity index (χ3n) is 6.77. The maximum absolute atomic E-state index is 13.6. The van der Waals surface area contributed by atoms with E-state index in [1.54, 1.807) is 28.9 Å². The number of carbonyl (C=O) groups is 1. The fourth-order valence-electron chi connectivity index (χ4n) is 4.95. The molecule has 1 saturated heterocycles. The lowest BCUT2D eigenvalue weighted by molar-refractivity contribution is 0.127. The molecule has 0 saturated carbocycles. The molecule has 3 aromatic rings. The third kappa shape index (κ3) is 6.17. The number of nitrogens with zero attached hydrogens (tertiary/aromatic N) is 3. The smallest absolute Gasteiger partial charge is 0.388 e. The minimum absolute atomic E-state index is 0.266. The van der Waals surface area contributed by atoms with Gasteiger partial charge in [0.1, 0.15) is 5.82 Å². The van der Waals surface area contributed by atoms with Gasteiger partial charge in [-0.2, -0.15) is 0 Å². The van der Waals surface area contributed by atoms with E-state index in [2.05, 4.69) is 5.43 Å². The Morgan fingerprint density at radius 1 is 0.973 bits per heavy atom. The van der Waals surface area contributed by atoms with E-state index in [0.717, 1.165) is 80.4 Å². The van der Waals surface area contributed by atoms with Crippen molar-refractivity contribution in [2.45, 2.75) is 51.4 Å². The molecule has 1 aromatic heterocycles. The molecule has 6 nitrogen and oxygen atoms in total. The zero-order valence-corrected chi connectivity index (χ0v) is 22.0. The summed E-state index contributed by atoms with van der Waals surface area (Å²) in [7, 11) is 0. The topological polar surface area (TPSA) is 59.4 Å². The fourth-order valence-corrected chi connectivity index (χ4v) is 5.44. The number of nitrogens with one attached hydrogen (secondary N) is 1. The number of aromatic nitrogens is 2. The van der Waals surface area contributed by atoms with Crippen LogP contribution in [0.15, 0.2) is 42.5 Å². The molecule has 0 bridgehead atoms. The molecule has 194 valence electrons. The summed E-state index contributed by atoms with van der Waals surface area (Å²) in [6.45, 7) is 1.60. The van der Waals surface area contributed by atoms with Gasteiger partial charge >= 0.3 is 6.09 Å². The minimum Gasteiger partial charge on any atom is -0.388 e. The lowest BCUT2D eigenvalue weighted by Gasteiger charge is -2.26. The van der Waals surface area contributed by atoms with E-state index in [1.165, 1.54) is 12.1 Å². The van der Waals surface area contributed by atoms with E-state index < -0.39 is 6.09 Å². The molecule has 1 amide bonds. The van der Waals surface area contributed by atoms with E-state index in [0.29, 0.717) is 22.2 Å². The van der Waals surface area contributed by atoms with E-state index in [4.69, 9.17) is 33.0 Å². The number of ether oxygens (including phenoxy) is 1. The second-order valence-electron chi connectivity index (χ2n) is 9.47. The predicted octanol–water partition coefficient (Wildman–Crippen LogP) is 7.46. The normalized spacial score (nSPS) is 17.6. The van der Waals surface area contributed by atoms with Crippen LogP contribution in [0.3, 0.4) is 0 Å². The molecular formula is C28H29Cl2FN4O2. The number of rotatable bonds is 4. The first kappa shape index (κ1) is 25.8. The van der Waals surface area contributed by atoms with Crippen LogP contribution in [0, 0.1) is 5.82 Å². The molecule has 0 atom stereocenters. The summed E-state index contributed by atoms with van der Waals surface area (Å²) in [6, 6.07) is 11.6.